The van der Waals surface area contributed by atoms with Gasteiger partial charge in [-0.15, -0.1) is 0 Å². The maximum Gasteiger partial charge on any atom is 0.320 e. The summed E-state index contributed by atoms with van der Waals surface area (Å²) < 4.78 is 21.4. The van der Waals surface area contributed by atoms with Gasteiger partial charge in [-0.2, -0.15) is 0 Å². The molecule has 95 heavy (non-hydrogen) atoms. The van der Waals surface area contributed by atoms with Gasteiger partial charge in [-0.05, 0) is 84.5 Å². The van der Waals surface area contributed by atoms with Gasteiger partial charge in [0.1, 0.15) is 36.9 Å². The van der Waals surface area contributed by atoms with Crippen LogP contribution in [0.15, 0.2) is 0 Å². The molecule has 37 nitrogen and oxygen atoms in total. The minimum absolute atomic E-state index is 0.0373. The highest BCUT2D eigenvalue weighted by Crippen LogP contribution is 2.11. The van der Waals surface area contributed by atoms with E-state index in [0.29, 0.717) is 38.6 Å². The molecule has 37 heteroatoms. The number of carbonyl (C=O) groups excluding carboxylic acids is 10. The predicted molar refractivity (Wildman–Crippen MR) is 335 cm³/mol. The van der Waals surface area contributed by atoms with Gasteiger partial charge in [0.2, 0.25) is 47.3 Å². The summed E-state index contributed by atoms with van der Waals surface area (Å²) >= 11 is 0. The van der Waals surface area contributed by atoms with Crippen LogP contribution in [0.3, 0.4) is 0 Å². The van der Waals surface area contributed by atoms with E-state index in [1.54, 1.807) is 0 Å². The molecule has 0 aromatic rings. The summed E-state index contributed by atoms with van der Waals surface area (Å²) in [6.45, 7) is 0.130. The number of hydrogen-bond acceptors (Lipinski definition) is 24. The Morgan fingerprint density at radius 3 is 1.17 bits per heavy atom. The fourth-order valence-electron chi connectivity index (χ4n) is 8.84. The molecule has 0 fully saturated rings. The van der Waals surface area contributed by atoms with Crippen LogP contribution in [0.2, 0.25) is 0 Å². The van der Waals surface area contributed by atoms with E-state index in [0.717, 1.165) is 9.80 Å². The van der Waals surface area contributed by atoms with Crippen LogP contribution >= 0.6 is 0 Å². The molecule has 1 unspecified atom stereocenters. The van der Waals surface area contributed by atoms with Crippen molar-refractivity contribution < 1.29 is 116 Å². The lowest BCUT2D eigenvalue weighted by Crippen LogP contribution is -2.50. The fourth-order valence-corrected chi connectivity index (χ4v) is 8.84. The molecule has 0 saturated carbocycles. The van der Waals surface area contributed by atoms with Crippen molar-refractivity contribution in [3.8, 4) is 0 Å². The number of aliphatic carboxylic acids is 5. The molecule has 0 spiro atoms. The third-order valence-electron chi connectivity index (χ3n) is 13.6. The number of carboxylic acids is 5. The summed E-state index contributed by atoms with van der Waals surface area (Å²) in [7, 11) is 0. The molecule has 8 amide bonds. The first kappa shape index (κ1) is 87.1. The van der Waals surface area contributed by atoms with Gasteiger partial charge >= 0.3 is 29.8 Å². The number of hydrogen-bond donors (Lipinski definition) is 15. The molecule has 0 heterocycles. The largest absolute Gasteiger partial charge is 0.480 e. The number of ether oxygens (including phenoxy) is 4. The number of Topliss-reactive ketones (excluding diaryl/α,β-unsaturated/α-hetero) is 2. The van der Waals surface area contributed by atoms with E-state index in [9.17, 15) is 97.5 Å². The first-order valence-electron chi connectivity index (χ1n) is 31.4. The molecular formula is C58H101N13O24. The Bertz CT molecular complexity index is 2340. The van der Waals surface area contributed by atoms with Gasteiger partial charge in [0.05, 0.1) is 91.0 Å². The Hall–Kier alpha value is -7.91. The third-order valence-corrected chi connectivity index (χ3v) is 13.6. The zero-order chi connectivity index (χ0) is 71.3. The van der Waals surface area contributed by atoms with Crippen LogP contribution in [0.4, 0.5) is 0 Å². The number of rotatable bonds is 64. The topological polar surface area (TPSA) is 552 Å². The average Bonchev–Trinajstić information content (AvgIpc) is 1.29. The van der Waals surface area contributed by atoms with Crippen LogP contribution < -0.4 is 54.0 Å². The number of nitrogens with one attached hydrogen (secondary N) is 8. The van der Waals surface area contributed by atoms with Crippen molar-refractivity contribution >= 4 is 88.7 Å². The minimum Gasteiger partial charge on any atom is -0.480 e. The summed E-state index contributed by atoms with van der Waals surface area (Å²) in [5.74, 6) is -11.1. The Morgan fingerprint density at radius 2 is 0.758 bits per heavy atom. The zero-order valence-corrected chi connectivity index (χ0v) is 54.5. The molecule has 17 N–H and O–H groups in total. The van der Waals surface area contributed by atoms with Crippen LogP contribution in [0.1, 0.15) is 104 Å². The summed E-state index contributed by atoms with van der Waals surface area (Å²) in [5, 5.41) is 69.1. The van der Waals surface area contributed by atoms with Crippen molar-refractivity contribution in [3.05, 3.63) is 0 Å². The number of carbonyl (C=O) groups is 15. The van der Waals surface area contributed by atoms with E-state index in [1.165, 1.54) is 18.7 Å². The maximum atomic E-state index is 13.4. The number of carboxylic acid groups (broad SMARTS) is 5. The average molecular weight is 1360 g/mol. The SMILES string of the molecule is CC(=O)CN[C@@H](CCCCNC(=O)COCCOCCNC(=O)COCCOCCNC(=O)CCCC(=O)N[C@@H](CCCCNC(=O)CCC(C(=O)O)N(CCN(CC(=O)O)CC(=O)O)CCN(CC(=O)O)CC(=O)O)C(=O)NCCCC[C@H](NCC(C)=O)C(N)=O)C(N)=O. The molecule has 0 aromatic heterocycles. The van der Waals surface area contributed by atoms with E-state index in [2.05, 4.69) is 42.5 Å². The Labute approximate surface area is 551 Å². The number of nitrogens with two attached hydrogens (primary N) is 2. The Morgan fingerprint density at radius 1 is 0.389 bits per heavy atom. The van der Waals surface area contributed by atoms with Gasteiger partial charge in [-0.1, -0.05) is 0 Å². The van der Waals surface area contributed by atoms with Gasteiger partial charge in [0.25, 0.3) is 0 Å². The monoisotopic (exact) mass is 1360 g/mol. The van der Waals surface area contributed by atoms with E-state index in [4.69, 9.17) is 30.4 Å². The molecular weight excluding hydrogens is 1260 g/mol. The van der Waals surface area contributed by atoms with Gasteiger partial charge in [-0.25, -0.2) is 0 Å². The van der Waals surface area contributed by atoms with Crippen molar-refractivity contribution in [2.24, 2.45) is 11.5 Å². The highest BCUT2D eigenvalue weighted by Gasteiger charge is 2.29. The fraction of sp³-hybridized carbons (Fsp3) is 0.741. The highest BCUT2D eigenvalue weighted by atomic mass is 16.5. The number of nitrogens with zero attached hydrogens (tertiary/aromatic N) is 3. The number of ketones is 2. The summed E-state index contributed by atoms with van der Waals surface area (Å²) in [5.41, 5.74) is 10.8. The second-order valence-corrected chi connectivity index (χ2v) is 22.0. The van der Waals surface area contributed by atoms with E-state index in [1.807, 2.05) is 0 Å². The first-order chi connectivity index (χ1) is 45.1. The molecule has 0 aromatic carbocycles. The summed E-state index contributed by atoms with van der Waals surface area (Å²) in [6, 6.07) is -3.89. The second-order valence-electron chi connectivity index (χ2n) is 22.0. The van der Waals surface area contributed by atoms with Crippen LogP contribution in [0, 0.1) is 0 Å². The lowest BCUT2D eigenvalue weighted by molar-refractivity contribution is -0.146. The number of unbranched alkanes of at least 4 members (excludes halogenated alkanes) is 3. The highest BCUT2D eigenvalue weighted by molar-refractivity contribution is 5.88. The van der Waals surface area contributed by atoms with Crippen molar-refractivity contribution in [2.75, 3.05) is 151 Å². The summed E-state index contributed by atoms with van der Waals surface area (Å²) in [4.78, 5) is 184. The summed E-state index contributed by atoms with van der Waals surface area (Å²) in [6.07, 6.45) is 2.68. The quantitative estimate of drug-likeness (QED) is 0.0252. The van der Waals surface area contributed by atoms with Crippen molar-refractivity contribution in [2.45, 2.75) is 128 Å². The Balaban J connectivity index is 5.03. The molecule has 0 aliphatic rings. The lowest BCUT2D eigenvalue weighted by Gasteiger charge is -2.32. The van der Waals surface area contributed by atoms with Gasteiger partial charge < -0.3 is 87.8 Å². The molecule has 542 valence electrons. The predicted octanol–water partition coefficient (Wildman–Crippen LogP) is -5.66. The van der Waals surface area contributed by atoms with Crippen molar-refractivity contribution in [1.82, 2.24) is 57.2 Å². The third kappa shape index (κ3) is 51.2. The van der Waals surface area contributed by atoms with Crippen LogP contribution in [-0.4, -0.2) is 304 Å². The zero-order valence-electron chi connectivity index (χ0n) is 54.5. The molecule has 0 aliphatic carbocycles. The second kappa shape index (κ2) is 54.4. The van der Waals surface area contributed by atoms with Crippen molar-refractivity contribution in [3.63, 3.8) is 0 Å². The first-order valence-corrected chi connectivity index (χ1v) is 31.4. The standard InChI is InChI=1S/C58H101N13O24/c1-40(72)32-66-42(55(59)87)10-3-6-18-62-49(77)38-94-30-29-93-27-21-64-50(78)39-95-31-28-92-26-20-63-46(74)13-9-14-48(76)68-44(57(89)65-19-8-4-11-43(56(60)88)67-33-41(2)73)12-5-7-17-61-47(75)16-15-45(58(90)91)71(24-22-69(34-51(79)80)35-52(81)82)25-23-70(36-53(83)84)37-54(85)86/h42-45,66-67H,3-39H2,1-2H3,(H2,59,87)(H2,60,88)(H,61,75)(H,62,77)(H,63,74)(H,64,78)(H,65,89)(H,68,76)(H,79,80)(H,81,82)(H,83,84)(H,85,86)(H,90,91)/t42-,43-,44-,45?/m0/s1. The van der Waals surface area contributed by atoms with Crippen LogP contribution in [0.5, 0.6) is 0 Å². The van der Waals surface area contributed by atoms with Crippen LogP contribution in [0.25, 0.3) is 0 Å². The van der Waals surface area contributed by atoms with E-state index >= 15 is 0 Å². The molecule has 0 radical (unpaired) electrons. The van der Waals surface area contributed by atoms with Gasteiger partial charge in [-0.3, -0.25) is 97.3 Å². The Kier molecular flexibility index (Phi) is 49.8. The number of primary amides is 2. The van der Waals surface area contributed by atoms with Crippen LogP contribution in [-0.2, 0) is 90.9 Å². The molecule has 0 aliphatic heterocycles. The van der Waals surface area contributed by atoms with Gasteiger partial charge in [0, 0.05) is 78.2 Å². The molecule has 4 atom stereocenters. The normalized spacial score (nSPS) is 12.4. The van der Waals surface area contributed by atoms with E-state index in [-0.39, 0.29) is 205 Å². The van der Waals surface area contributed by atoms with E-state index < -0.39 is 110 Å². The van der Waals surface area contributed by atoms with Gasteiger partial charge in [0.15, 0.2) is 0 Å². The maximum absolute atomic E-state index is 13.4. The number of amides is 8. The van der Waals surface area contributed by atoms with Crippen molar-refractivity contribution in [1.29, 1.82) is 0 Å². The lowest BCUT2D eigenvalue weighted by atomic mass is 10.1. The minimum atomic E-state index is -1.45. The molecule has 0 rings (SSSR count). The molecule has 0 saturated heterocycles. The molecule has 0 bridgehead atoms. The smallest absolute Gasteiger partial charge is 0.320 e.